The Morgan fingerprint density at radius 2 is 2.18 bits per heavy atom. The molecule has 0 saturated carbocycles. The average Bonchev–Trinajstić information content (AvgIpc) is 2.85. The van der Waals surface area contributed by atoms with Gasteiger partial charge in [-0.05, 0) is 0 Å². The van der Waals surface area contributed by atoms with Crippen molar-refractivity contribution in [2.75, 3.05) is 5.32 Å². The molecule has 7 heteroatoms. The molecule has 0 atom stereocenters. The van der Waals surface area contributed by atoms with Crippen molar-refractivity contribution in [1.29, 1.82) is 0 Å². The summed E-state index contributed by atoms with van der Waals surface area (Å²) in [5.74, 6) is -0.270. The van der Waals surface area contributed by atoms with Crippen molar-refractivity contribution in [1.82, 2.24) is 13.7 Å². The van der Waals surface area contributed by atoms with Gasteiger partial charge in [-0.15, -0.1) is 11.3 Å². The summed E-state index contributed by atoms with van der Waals surface area (Å²) >= 11 is 2.42. The molecule has 2 rings (SSSR count). The van der Waals surface area contributed by atoms with Gasteiger partial charge in [0.15, 0.2) is 10.8 Å². The minimum absolute atomic E-state index is 0.0122. The molecule has 0 radical (unpaired) electrons. The molecule has 90 valence electrons. The third-order valence-electron chi connectivity index (χ3n) is 2.09. The molecule has 1 amide bonds. The summed E-state index contributed by atoms with van der Waals surface area (Å²) in [6, 6.07) is 0. The summed E-state index contributed by atoms with van der Waals surface area (Å²) in [7, 11) is 0. The van der Waals surface area contributed by atoms with Crippen LogP contribution in [0.2, 0.25) is 0 Å². The average molecular weight is 268 g/mol. The Kier molecular flexibility index (Phi) is 3.21. The van der Waals surface area contributed by atoms with Crippen molar-refractivity contribution in [2.24, 2.45) is 0 Å². The second-order valence-corrected chi connectivity index (χ2v) is 5.95. The molecular formula is C10H12N4OS2. The minimum atomic E-state index is -0.270. The summed E-state index contributed by atoms with van der Waals surface area (Å²) in [6.07, 6.45) is 1.44. The van der Waals surface area contributed by atoms with Crippen LogP contribution >= 0.6 is 23.1 Å². The molecule has 5 nitrogen and oxygen atoms in total. The lowest BCUT2D eigenvalue weighted by Crippen LogP contribution is -2.14. The molecule has 1 N–H and O–H groups in total. The first-order valence-corrected chi connectivity index (χ1v) is 6.63. The van der Waals surface area contributed by atoms with Crippen LogP contribution in [0, 0.1) is 0 Å². The van der Waals surface area contributed by atoms with Crippen LogP contribution < -0.4 is 5.32 Å². The van der Waals surface area contributed by atoms with Crippen molar-refractivity contribution >= 4 is 34.1 Å². The van der Waals surface area contributed by atoms with E-state index >= 15 is 0 Å². The first-order chi connectivity index (χ1) is 7.97. The summed E-state index contributed by atoms with van der Waals surface area (Å²) in [6.45, 7) is 6.24. The van der Waals surface area contributed by atoms with E-state index in [1.54, 1.807) is 0 Å². The molecule has 0 aliphatic rings. The van der Waals surface area contributed by atoms with Crippen molar-refractivity contribution in [3.05, 3.63) is 23.0 Å². The van der Waals surface area contributed by atoms with Crippen molar-refractivity contribution in [2.45, 2.75) is 26.2 Å². The highest BCUT2D eigenvalue weighted by Crippen LogP contribution is 2.26. The van der Waals surface area contributed by atoms with E-state index in [4.69, 9.17) is 0 Å². The first-order valence-electron chi connectivity index (χ1n) is 5.02. The number of carbonyl (C=O) groups excluding carboxylic acids is 1. The SMILES string of the molecule is CC(C)(C)c1csc(NC(=O)c2cnsn2)n1. The van der Waals surface area contributed by atoms with Crippen molar-refractivity contribution in [3.8, 4) is 0 Å². The number of hydrogen-bond donors (Lipinski definition) is 1. The van der Waals surface area contributed by atoms with Gasteiger partial charge in [0.05, 0.1) is 23.6 Å². The van der Waals surface area contributed by atoms with E-state index in [-0.39, 0.29) is 11.3 Å². The molecule has 0 aliphatic carbocycles. The summed E-state index contributed by atoms with van der Waals surface area (Å²) in [4.78, 5) is 16.1. The van der Waals surface area contributed by atoms with Crippen LogP contribution in [0.15, 0.2) is 11.6 Å². The van der Waals surface area contributed by atoms with Gasteiger partial charge >= 0.3 is 0 Å². The highest BCUT2D eigenvalue weighted by Gasteiger charge is 2.18. The van der Waals surface area contributed by atoms with E-state index in [9.17, 15) is 4.79 Å². The second kappa shape index (κ2) is 4.50. The van der Waals surface area contributed by atoms with Gasteiger partial charge in [-0.25, -0.2) is 4.98 Å². The summed E-state index contributed by atoms with van der Waals surface area (Å²) in [5, 5.41) is 5.25. The summed E-state index contributed by atoms with van der Waals surface area (Å²) in [5.41, 5.74) is 1.28. The quantitative estimate of drug-likeness (QED) is 0.908. The van der Waals surface area contributed by atoms with Crippen molar-refractivity contribution in [3.63, 3.8) is 0 Å². The minimum Gasteiger partial charge on any atom is -0.296 e. The lowest BCUT2D eigenvalue weighted by atomic mass is 9.93. The number of aromatic nitrogens is 3. The number of carbonyl (C=O) groups is 1. The van der Waals surface area contributed by atoms with Crippen LogP contribution in [0.1, 0.15) is 37.0 Å². The van der Waals surface area contributed by atoms with Gasteiger partial charge in [-0.1, -0.05) is 20.8 Å². The standard InChI is InChI=1S/C10H12N4OS2/c1-10(2,3)7-5-16-9(12-7)13-8(15)6-4-11-17-14-6/h4-5H,1-3H3,(H,12,13,15). The molecule has 2 aromatic rings. The Bertz CT molecular complexity index is 513. The van der Waals surface area contributed by atoms with Crippen LogP contribution in [-0.2, 0) is 5.41 Å². The molecule has 0 aliphatic heterocycles. The molecule has 2 aromatic heterocycles. The van der Waals surface area contributed by atoms with E-state index < -0.39 is 0 Å². The third kappa shape index (κ3) is 2.86. The fourth-order valence-corrected chi connectivity index (χ4v) is 2.45. The van der Waals surface area contributed by atoms with Gasteiger partial charge in [0, 0.05) is 10.8 Å². The number of nitrogens with one attached hydrogen (secondary N) is 1. The lowest BCUT2D eigenvalue weighted by Gasteiger charge is -2.14. The number of nitrogens with zero attached hydrogens (tertiary/aromatic N) is 3. The smallest absolute Gasteiger partial charge is 0.278 e. The maximum Gasteiger partial charge on any atom is 0.278 e. The maximum absolute atomic E-state index is 11.7. The van der Waals surface area contributed by atoms with Gasteiger partial charge in [0.25, 0.3) is 5.91 Å². The molecule has 0 unspecified atom stereocenters. The second-order valence-electron chi connectivity index (χ2n) is 4.53. The summed E-state index contributed by atoms with van der Waals surface area (Å²) < 4.78 is 7.65. The number of thiazole rings is 1. The van der Waals surface area contributed by atoms with Gasteiger partial charge in [-0.3, -0.25) is 10.1 Å². The lowest BCUT2D eigenvalue weighted by molar-refractivity contribution is 0.102. The van der Waals surface area contributed by atoms with Gasteiger partial charge in [0.1, 0.15) is 0 Å². The first kappa shape index (κ1) is 12.1. The van der Waals surface area contributed by atoms with Crippen LogP contribution in [-0.4, -0.2) is 19.6 Å². The van der Waals surface area contributed by atoms with E-state index in [1.807, 2.05) is 5.38 Å². The Morgan fingerprint density at radius 3 is 2.71 bits per heavy atom. The molecular weight excluding hydrogens is 256 g/mol. The van der Waals surface area contributed by atoms with Crippen LogP contribution in [0.5, 0.6) is 0 Å². The van der Waals surface area contributed by atoms with E-state index in [0.717, 1.165) is 17.4 Å². The highest BCUT2D eigenvalue weighted by atomic mass is 32.1. The normalized spacial score (nSPS) is 11.5. The van der Waals surface area contributed by atoms with Gasteiger partial charge < -0.3 is 0 Å². The number of anilines is 1. The van der Waals surface area contributed by atoms with E-state index in [2.05, 4.69) is 39.8 Å². The van der Waals surface area contributed by atoms with Gasteiger partial charge in [0.2, 0.25) is 0 Å². The fourth-order valence-electron chi connectivity index (χ4n) is 1.10. The molecule has 0 aromatic carbocycles. The Labute approximate surface area is 107 Å². The highest BCUT2D eigenvalue weighted by molar-refractivity contribution is 7.14. The molecule has 2 heterocycles. The largest absolute Gasteiger partial charge is 0.296 e. The van der Waals surface area contributed by atoms with Gasteiger partial charge in [-0.2, -0.15) is 8.75 Å². The zero-order chi connectivity index (χ0) is 12.5. The van der Waals surface area contributed by atoms with E-state index in [1.165, 1.54) is 17.5 Å². The Hall–Kier alpha value is -1.34. The molecule has 0 fully saturated rings. The number of hydrogen-bond acceptors (Lipinski definition) is 6. The fraction of sp³-hybridized carbons (Fsp3) is 0.400. The van der Waals surface area contributed by atoms with Crippen LogP contribution in [0.3, 0.4) is 0 Å². The molecule has 17 heavy (non-hydrogen) atoms. The zero-order valence-electron chi connectivity index (χ0n) is 9.72. The van der Waals surface area contributed by atoms with E-state index in [0.29, 0.717) is 10.8 Å². The number of rotatable bonds is 2. The molecule has 0 spiro atoms. The third-order valence-corrected chi connectivity index (χ3v) is 3.32. The predicted molar refractivity (Wildman–Crippen MR) is 68.7 cm³/mol. The Morgan fingerprint density at radius 1 is 1.41 bits per heavy atom. The topological polar surface area (TPSA) is 67.8 Å². The monoisotopic (exact) mass is 268 g/mol. The zero-order valence-corrected chi connectivity index (χ0v) is 11.4. The molecule has 0 saturated heterocycles. The molecule has 0 bridgehead atoms. The Balaban J connectivity index is 2.10. The predicted octanol–water partition coefficient (Wildman–Crippen LogP) is 2.54. The van der Waals surface area contributed by atoms with Crippen LogP contribution in [0.25, 0.3) is 0 Å². The number of amides is 1. The maximum atomic E-state index is 11.7. The van der Waals surface area contributed by atoms with Crippen molar-refractivity contribution < 1.29 is 4.79 Å². The van der Waals surface area contributed by atoms with Crippen LogP contribution in [0.4, 0.5) is 5.13 Å².